The number of nitrogens with one attached hydrogen (secondary N) is 1. The number of hydrogen-bond donors (Lipinski definition) is 1. The molecule has 1 aliphatic rings. The van der Waals surface area contributed by atoms with E-state index in [-0.39, 0.29) is 10.3 Å². The predicted octanol–water partition coefficient (Wildman–Crippen LogP) is 4.79. The van der Waals surface area contributed by atoms with Crippen molar-refractivity contribution in [3.63, 3.8) is 0 Å². The van der Waals surface area contributed by atoms with Crippen LogP contribution in [0.2, 0.25) is 0 Å². The maximum Gasteiger partial charge on any atom is 0.338 e. The molecule has 0 heterocycles. The van der Waals surface area contributed by atoms with Gasteiger partial charge in [-0.05, 0) is 52.8 Å². The number of esters is 1. The summed E-state index contributed by atoms with van der Waals surface area (Å²) in [4.78, 5) is 13.1. The monoisotopic (exact) mass is 449 g/mol. The van der Waals surface area contributed by atoms with Crippen molar-refractivity contribution in [3.05, 3.63) is 101 Å². The van der Waals surface area contributed by atoms with Crippen LogP contribution in [0.4, 0.5) is 0 Å². The molecule has 5 nitrogen and oxygen atoms in total. The van der Waals surface area contributed by atoms with E-state index >= 15 is 0 Å². The van der Waals surface area contributed by atoms with E-state index in [4.69, 9.17) is 4.74 Å². The van der Waals surface area contributed by atoms with Crippen molar-refractivity contribution in [1.29, 1.82) is 0 Å². The molecule has 0 spiro atoms. The molecular formula is C26H27NO4S. The first-order valence-corrected chi connectivity index (χ1v) is 12.1. The Hall–Kier alpha value is -2.96. The smallest absolute Gasteiger partial charge is 0.338 e. The Morgan fingerprint density at radius 3 is 2.19 bits per heavy atom. The lowest BCUT2D eigenvalue weighted by Crippen LogP contribution is -2.39. The molecule has 0 bridgehead atoms. The van der Waals surface area contributed by atoms with Crippen LogP contribution >= 0.6 is 0 Å². The zero-order valence-electron chi connectivity index (χ0n) is 18.4. The van der Waals surface area contributed by atoms with Crippen LogP contribution in [0.1, 0.15) is 53.9 Å². The number of hydrogen-bond acceptors (Lipinski definition) is 4. The van der Waals surface area contributed by atoms with Crippen LogP contribution in [0.3, 0.4) is 0 Å². The zero-order chi connectivity index (χ0) is 22.9. The van der Waals surface area contributed by atoms with Gasteiger partial charge in [-0.3, -0.25) is 0 Å². The third-order valence-electron chi connectivity index (χ3n) is 5.75. The minimum absolute atomic E-state index is 0.0202. The van der Waals surface area contributed by atoms with Crippen molar-refractivity contribution < 1.29 is 17.9 Å². The Kier molecular flexibility index (Phi) is 5.93. The fourth-order valence-corrected chi connectivity index (χ4v) is 5.22. The van der Waals surface area contributed by atoms with Crippen molar-refractivity contribution >= 4 is 16.0 Å². The van der Waals surface area contributed by atoms with E-state index in [0.29, 0.717) is 12.0 Å². The molecule has 0 aliphatic heterocycles. The van der Waals surface area contributed by atoms with Crippen LogP contribution in [-0.4, -0.2) is 20.4 Å². The average Bonchev–Trinajstić information content (AvgIpc) is 3.10. The molecule has 0 unspecified atom stereocenters. The molecule has 0 amide bonds. The molecule has 0 aromatic heterocycles. The van der Waals surface area contributed by atoms with Crippen molar-refractivity contribution in [2.75, 3.05) is 0 Å². The number of benzene rings is 3. The summed E-state index contributed by atoms with van der Waals surface area (Å²) < 4.78 is 34.5. The molecule has 32 heavy (non-hydrogen) atoms. The van der Waals surface area contributed by atoms with E-state index in [1.807, 2.05) is 36.4 Å². The van der Waals surface area contributed by atoms with Gasteiger partial charge < -0.3 is 4.74 Å². The van der Waals surface area contributed by atoms with Gasteiger partial charge in [0.1, 0.15) is 6.10 Å². The fourth-order valence-electron chi connectivity index (χ4n) is 3.96. The van der Waals surface area contributed by atoms with Gasteiger partial charge >= 0.3 is 5.97 Å². The van der Waals surface area contributed by atoms with Crippen molar-refractivity contribution in [3.8, 4) is 0 Å². The second-order valence-corrected chi connectivity index (χ2v) is 10.8. The molecule has 3 aromatic carbocycles. The molecule has 2 atom stereocenters. The topological polar surface area (TPSA) is 72.5 Å². The molecule has 0 saturated heterocycles. The van der Waals surface area contributed by atoms with Crippen molar-refractivity contribution in [1.82, 2.24) is 4.72 Å². The number of fused-ring (bicyclic) bond motifs is 1. The minimum Gasteiger partial charge on any atom is -0.452 e. The lowest BCUT2D eigenvalue weighted by molar-refractivity contribution is 0.0247. The highest BCUT2D eigenvalue weighted by Gasteiger charge is 2.38. The summed E-state index contributed by atoms with van der Waals surface area (Å²) in [5.41, 5.74) is 3.33. The van der Waals surface area contributed by atoms with E-state index in [1.165, 1.54) is 0 Å². The highest BCUT2D eigenvalue weighted by atomic mass is 32.2. The van der Waals surface area contributed by atoms with Gasteiger partial charge in [-0.15, -0.1) is 0 Å². The Bertz CT molecular complexity index is 1210. The van der Waals surface area contributed by atoms with Crippen LogP contribution in [0.25, 0.3) is 0 Å². The largest absolute Gasteiger partial charge is 0.452 e. The minimum atomic E-state index is -3.76. The quantitative estimate of drug-likeness (QED) is 0.569. The summed E-state index contributed by atoms with van der Waals surface area (Å²) in [6.07, 6.45) is -0.261. The van der Waals surface area contributed by atoms with Gasteiger partial charge in [0.05, 0.1) is 16.5 Å². The van der Waals surface area contributed by atoms with Crippen LogP contribution in [0, 0.1) is 0 Å². The second kappa shape index (κ2) is 8.52. The normalized spacial score (nSPS) is 18.2. The van der Waals surface area contributed by atoms with E-state index < -0.39 is 28.1 Å². The molecule has 0 radical (unpaired) electrons. The molecule has 166 valence electrons. The summed E-state index contributed by atoms with van der Waals surface area (Å²) in [7, 11) is -3.76. The first-order chi connectivity index (χ1) is 15.1. The predicted molar refractivity (Wildman–Crippen MR) is 124 cm³/mol. The van der Waals surface area contributed by atoms with Gasteiger partial charge in [0.15, 0.2) is 0 Å². The maximum atomic E-state index is 13.0. The van der Waals surface area contributed by atoms with Gasteiger partial charge in [-0.25, -0.2) is 17.9 Å². The zero-order valence-corrected chi connectivity index (χ0v) is 19.2. The number of rotatable bonds is 5. The molecule has 1 N–H and O–H groups in total. The van der Waals surface area contributed by atoms with Gasteiger partial charge in [0.2, 0.25) is 10.0 Å². The molecule has 3 aromatic rings. The highest BCUT2D eigenvalue weighted by Crippen LogP contribution is 2.36. The van der Waals surface area contributed by atoms with Gasteiger partial charge in [0.25, 0.3) is 0 Å². The number of carbonyl (C=O) groups is 1. The first kappa shape index (κ1) is 22.2. The molecule has 0 fully saturated rings. The summed E-state index contributed by atoms with van der Waals surface area (Å²) in [5.74, 6) is -0.476. The SMILES string of the molecule is CC(C)(C)c1ccc(C(=O)O[C@@H]2c3ccccc3C[C@H]2NS(=O)(=O)c2ccccc2)cc1. The highest BCUT2D eigenvalue weighted by molar-refractivity contribution is 7.89. The Morgan fingerprint density at radius 1 is 0.906 bits per heavy atom. The van der Waals surface area contributed by atoms with E-state index in [9.17, 15) is 13.2 Å². The summed E-state index contributed by atoms with van der Waals surface area (Å²) in [6.45, 7) is 6.33. The summed E-state index contributed by atoms with van der Waals surface area (Å²) >= 11 is 0. The van der Waals surface area contributed by atoms with Crippen molar-refractivity contribution in [2.24, 2.45) is 0 Å². The number of sulfonamides is 1. The van der Waals surface area contributed by atoms with E-state index in [1.54, 1.807) is 42.5 Å². The Morgan fingerprint density at radius 2 is 1.53 bits per heavy atom. The number of carbonyl (C=O) groups excluding carboxylic acids is 1. The lowest BCUT2D eigenvalue weighted by Gasteiger charge is -2.23. The van der Waals surface area contributed by atoms with Crippen LogP contribution in [-0.2, 0) is 26.6 Å². The third-order valence-corrected chi connectivity index (χ3v) is 7.25. The Balaban J connectivity index is 1.59. The Labute approximate surface area is 189 Å². The van der Waals surface area contributed by atoms with Crippen LogP contribution < -0.4 is 4.72 Å². The van der Waals surface area contributed by atoms with Crippen LogP contribution in [0.5, 0.6) is 0 Å². The van der Waals surface area contributed by atoms with Crippen molar-refractivity contribution in [2.45, 2.75) is 49.6 Å². The van der Waals surface area contributed by atoms with E-state index in [2.05, 4.69) is 25.5 Å². The first-order valence-electron chi connectivity index (χ1n) is 10.6. The van der Waals surface area contributed by atoms with Gasteiger partial charge in [0, 0.05) is 0 Å². The summed E-state index contributed by atoms with van der Waals surface area (Å²) in [5, 5.41) is 0. The average molecular weight is 450 g/mol. The molecular weight excluding hydrogens is 422 g/mol. The fraction of sp³-hybridized carbons (Fsp3) is 0.269. The summed E-state index contributed by atoms with van der Waals surface area (Å²) in [6, 6.07) is 22.6. The number of ether oxygens (including phenoxy) is 1. The standard InChI is InChI=1S/C26H27NO4S/c1-26(2,3)20-15-13-18(14-16-20)25(28)31-24-22-12-8-7-9-19(22)17-23(24)27-32(29,30)21-10-5-4-6-11-21/h4-16,23-24,27H,17H2,1-3H3/t23-,24-/m1/s1. The molecule has 4 rings (SSSR count). The van der Waals surface area contributed by atoms with Crippen LogP contribution in [0.15, 0.2) is 83.8 Å². The third kappa shape index (κ3) is 4.61. The molecule has 0 saturated carbocycles. The molecule has 6 heteroatoms. The van der Waals surface area contributed by atoms with E-state index in [0.717, 1.165) is 16.7 Å². The second-order valence-electron chi connectivity index (χ2n) is 9.10. The maximum absolute atomic E-state index is 13.0. The van der Waals surface area contributed by atoms with Gasteiger partial charge in [-0.1, -0.05) is 75.4 Å². The molecule has 1 aliphatic carbocycles. The lowest BCUT2D eigenvalue weighted by atomic mass is 9.87. The van der Waals surface area contributed by atoms with Gasteiger partial charge in [-0.2, -0.15) is 0 Å².